The molecule has 0 aliphatic carbocycles. The molecule has 1 fully saturated rings. The van der Waals surface area contributed by atoms with Crippen molar-refractivity contribution < 1.29 is 27.8 Å². The van der Waals surface area contributed by atoms with Crippen LogP contribution >= 0.6 is 0 Å². The second kappa shape index (κ2) is 8.06. The van der Waals surface area contributed by atoms with Crippen molar-refractivity contribution in [2.24, 2.45) is 0 Å². The molecule has 1 amide bonds. The van der Waals surface area contributed by atoms with Crippen molar-refractivity contribution in [3.05, 3.63) is 53.6 Å². The Hall–Kier alpha value is -3.16. The minimum absolute atomic E-state index is 0.0254. The summed E-state index contributed by atoms with van der Waals surface area (Å²) in [6, 6.07) is 9.03. The molecule has 4 rings (SSSR count). The van der Waals surface area contributed by atoms with E-state index in [2.05, 4.69) is 0 Å². The number of fused-ring (bicyclic) bond motifs is 1. The van der Waals surface area contributed by atoms with Gasteiger partial charge < -0.3 is 19.3 Å². The van der Waals surface area contributed by atoms with Gasteiger partial charge in [-0.15, -0.1) is 0 Å². The Morgan fingerprint density at radius 3 is 2.59 bits per heavy atom. The van der Waals surface area contributed by atoms with Gasteiger partial charge in [0.1, 0.15) is 11.5 Å². The van der Waals surface area contributed by atoms with Gasteiger partial charge in [-0.25, -0.2) is 8.78 Å². The molecule has 2 aliphatic rings. The number of carbonyl (C=O) groups excluding carboxylic acids is 2. The fraction of sp³-hybridized carbons (Fsp3) is 0.333. The van der Waals surface area contributed by atoms with Crippen LogP contribution in [0, 0.1) is 11.6 Å². The van der Waals surface area contributed by atoms with E-state index in [0.717, 1.165) is 11.6 Å². The van der Waals surface area contributed by atoms with Crippen LogP contribution in [0.5, 0.6) is 11.5 Å². The van der Waals surface area contributed by atoms with Crippen molar-refractivity contribution in [1.29, 1.82) is 0 Å². The molecule has 2 heterocycles. The molecule has 29 heavy (non-hydrogen) atoms. The van der Waals surface area contributed by atoms with E-state index in [1.54, 1.807) is 23.1 Å². The molecule has 0 radical (unpaired) electrons. The first kappa shape index (κ1) is 19.2. The fourth-order valence-corrected chi connectivity index (χ4v) is 3.49. The van der Waals surface area contributed by atoms with E-state index in [4.69, 9.17) is 9.47 Å². The standard InChI is InChI=1S/C21H20F2N2O4/c22-17-4-2-15(12-18(17)23)24-6-8-25(9-7-24)20(26)5-10-28-16-3-1-14-11-21(27)29-19(14)13-16/h1-4,12-13H,5-11H2. The first-order valence-corrected chi connectivity index (χ1v) is 9.44. The number of anilines is 1. The molecule has 0 N–H and O–H groups in total. The molecule has 6 nitrogen and oxygen atoms in total. The number of halogens is 2. The molecule has 0 unspecified atom stereocenters. The van der Waals surface area contributed by atoms with Crippen LogP contribution in [0.2, 0.25) is 0 Å². The normalized spacial score (nSPS) is 15.9. The molecule has 0 spiro atoms. The summed E-state index contributed by atoms with van der Waals surface area (Å²) in [5.41, 5.74) is 1.44. The van der Waals surface area contributed by atoms with Crippen LogP contribution < -0.4 is 14.4 Å². The van der Waals surface area contributed by atoms with E-state index in [1.165, 1.54) is 12.1 Å². The zero-order chi connectivity index (χ0) is 20.4. The Balaban J connectivity index is 1.23. The summed E-state index contributed by atoms with van der Waals surface area (Å²) >= 11 is 0. The minimum Gasteiger partial charge on any atom is -0.493 e. The monoisotopic (exact) mass is 402 g/mol. The minimum atomic E-state index is -0.875. The highest BCUT2D eigenvalue weighted by molar-refractivity contribution is 5.81. The van der Waals surface area contributed by atoms with Crippen LogP contribution in [0.3, 0.4) is 0 Å². The Kier molecular flexibility index (Phi) is 5.33. The number of ether oxygens (including phenoxy) is 2. The SMILES string of the molecule is O=C1Cc2ccc(OCCC(=O)N3CCN(c4ccc(F)c(F)c4)CC3)cc2O1. The number of piperazine rings is 1. The Labute approximate surface area is 166 Å². The number of hydrogen-bond donors (Lipinski definition) is 0. The predicted octanol–water partition coefficient (Wildman–Crippen LogP) is 2.54. The summed E-state index contributed by atoms with van der Waals surface area (Å²) in [6.45, 7) is 2.33. The molecule has 2 aromatic carbocycles. The number of nitrogens with zero attached hydrogens (tertiary/aromatic N) is 2. The molecule has 0 saturated carbocycles. The second-order valence-electron chi connectivity index (χ2n) is 6.99. The van der Waals surface area contributed by atoms with Crippen LogP contribution in [0.1, 0.15) is 12.0 Å². The van der Waals surface area contributed by atoms with Crippen molar-refractivity contribution >= 4 is 17.6 Å². The lowest BCUT2D eigenvalue weighted by molar-refractivity contribution is -0.132. The molecule has 0 atom stereocenters. The number of benzene rings is 2. The maximum Gasteiger partial charge on any atom is 0.315 e. The molecule has 2 aliphatic heterocycles. The predicted molar refractivity (Wildman–Crippen MR) is 101 cm³/mol. The fourth-order valence-electron chi connectivity index (χ4n) is 3.49. The summed E-state index contributed by atoms with van der Waals surface area (Å²) in [4.78, 5) is 27.4. The van der Waals surface area contributed by atoms with Gasteiger partial charge >= 0.3 is 5.97 Å². The van der Waals surface area contributed by atoms with Crippen molar-refractivity contribution in [2.75, 3.05) is 37.7 Å². The van der Waals surface area contributed by atoms with Crippen molar-refractivity contribution in [3.8, 4) is 11.5 Å². The van der Waals surface area contributed by atoms with Crippen molar-refractivity contribution in [2.45, 2.75) is 12.8 Å². The lowest BCUT2D eigenvalue weighted by atomic mass is 10.1. The molecule has 8 heteroatoms. The molecular formula is C21H20F2N2O4. The van der Waals surface area contributed by atoms with E-state index in [1.807, 2.05) is 4.90 Å². The molecule has 1 saturated heterocycles. The molecule has 152 valence electrons. The van der Waals surface area contributed by atoms with Crippen LogP contribution in [0.4, 0.5) is 14.5 Å². The third kappa shape index (κ3) is 4.31. The third-order valence-electron chi connectivity index (χ3n) is 5.08. The summed E-state index contributed by atoms with van der Waals surface area (Å²) < 4.78 is 37.2. The number of amides is 1. The Morgan fingerprint density at radius 1 is 1.03 bits per heavy atom. The van der Waals surface area contributed by atoms with E-state index in [-0.39, 0.29) is 31.3 Å². The van der Waals surface area contributed by atoms with Crippen LogP contribution in [0.25, 0.3) is 0 Å². The summed E-state index contributed by atoms with van der Waals surface area (Å²) in [5.74, 6) is -0.998. The van der Waals surface area contributed by atoms with Gasteiger partial charge in [0.25, 0.3) is 0 Å². The van der Waals surface area contributed by atoms with Crippen molar-refractivity contribution in [3.63, 3.8) is 0 Å². The lowest BCUT2D eigenvalue weighted by Crippen LogP contribution is -2.49. The highest BCUT2D eigenvalue weighted by atomic mass is 19.2. The van der Waals surface area contributed by atoms with Crippen LogP contribution in [0.15, 0.2) is 36.4 Å². The van der Waals surface area contributed by atoms with Crippen molar-refractivity contribution in [1.82, 2.24) is 4.90 Å². The number of carbonyl (C=O) groups is 2. The van der Waals surface area contributed by atoms with E-state index < -0.39 is 11.6 Å². The Morgan fingerprint density at radius 2 is 1.83 bits per heavy atom. The maximum atomic E-state index is 13.4. The van der Waals surface area contributed by atoms with Crippen LogP contribution in [-0.2, 0) is 16.0 Å². The first-order chi connectivity index (χ1) is 14.0. The summed E-state index contributed by atoms with van der Waals surface area (Å²) in [5, 5.41) is 0. The van der Waals surface area contributed by atoms with Gasteiger partial charge in [0.05, 0.1) is 19.4 Å². The molecular weight excluding hydrogens is 382 g/mol. The molecule has 0 aromatic heterocycles. The van der Waals surface area contributed by atoms with E-state index in [9.17, 15) is 18.4 Å². The highest BCUT2D eigenvalue weighted by Crippen LogP contribution is 2.30. The Bertz CT molecular complexity index is 942. The topological polar surface area (TPSA) is 59.1 Å². The number of rotatable bonds is 5. The average molecular weight is 402 g/mol. The maximum absolute atomic E-state index is 13.4. The first-order valence-electron chi connectivity index (χ1n) is 9.44. The largest absolute Gasteiger partial charge is 0.493 e. The zero-order valence-electron chi connectivity index (χ0n) is 15.7. The molecule has 2 aromatic rings. The third-order valence-corrected chi connectivity index (χ3v) is 5.08. The van der Waals surface area contributed by atoms with Crippen LogP contribution in [-0.4, -0.2) is 49.6 Å². The van der Waals surface area contributed by atoms with Gasteiger partial charge in [0, 0.05) is 49.6 Å². The highest BCUT2D eigenvalue weighted by Gasteiger charge is 2.23. The van der Waals surface area contributed by atoms with Gasteiger partial charge in [0.2, 0.25) is 5.91 Å². The summed E-state index contributed by atoms with van der Waals surface area (Å²) in [6.07, 6.45) is 0.493. The van der Waals surface area contributed by atoms with Gasteiger partial charge in [-0.05, 0) is 18.2 Å². The average Bonchev–Trinajstić information content (AvgIpc) is 3.09. The molecule has 0 bridgehead atoms. The lowest BCUT2D eigenvalue weighted by Gasteiger charge is -2.36. The van der Waals surface area contributed by atoms with E-state index >= 15 is 0 Å². The number of esters is 1. The smallest absolute Gasteiger partial charge is 0.315 e. The van der Waals surface area contributed by atoms with E-state index in [0.29, 0.717) is 43.4 Å². The number of hydrogen-bond acceptors (Lipinski definition) is 5. The van der Waals surface area contributed by atoms with Gasteiger partial charge in [-0.3, -0.25) is 9.59 Å². The van der Waals surface area contributed by atoms with Gasteiger partial charge in [-0.1, -0.05) is 6.07 Å². The zero-order valence-corrected chi connectivity index (χ0v) is 15.7. The summed E-state index contributed by atoms with van der Waals surface area (Å²) in [7, 11) is 0. The van der Waals surface area contributed by atoms with Gasteiger partial charge in [-0.2, -0.15) is 0 Å². The van der Waals surface area contributed by atoms with Gasteiger partial charge in [0.15, 0.2) is 11.6 Å². The second-order valence-corrected chi connectivity index (χ2v) is 6.99. The quantitative estimate of drug-likeness (QED) is 0.568.